The van der Waals surface area contributed by atoms with Gasteiger partial charge in [0, 0.05) is 18.9 Å². The minimum Gasteiger partial charge on any atom is -0.339 e. The molecule has 1 aromatic rings. The van der Waals surface area contributed by atoms with E-state index in [1.807, 2.05) is 0 Å². The van der Waals surface area contributed by atoms with Gasteiger partial charge in [0.15, 0.2) is 5.82 Å². The Hall–Kier alpha value is -0.900. The Balaban J connectivity index is 1.87. The molecule has 4 nitrogen and oxygen atoms in total. The molecule has 0 saturated heterocycles. The van der Waals surface area contributed by atoms with Crippen molar-refractivity contribution in [2.45, 2.75) is 77.7 Å². The van der Waals surface area contributed by atoms with Gasteiger partial charge in [-0.3, -0.25) is 0 Å². The molecule has 0 bridgehead atoms. The van der Waals surface area contributed by atoms with Crippen molar-refractivity contribution in [2.24, 2.45) is 5.92 Å². The molecule has 1 heterocycles. The van der Waals surface area contributed by atoms with Gasteiger partial charge >= 0.3 is 0 Å². The lowest BCUT2D eigenvalue weighted by Gasteiger charge is -2.31. The van der Waals surface area contributed by atoms with E-state index >= 15 is 0 Å². The van der Waals surface area contributed by atoms with E-state index in [9.17, 15) is 0 Å². The molecule has 0 spiro atoms. The van der Waals surface area contributed by atoms with Crippen molar-refractivity contribution in [1.82, 2.24) is 15.5 Å². The van der Waals surface area contributed by atoms with Crippen molar-refractivity contribution < 1.29 is 4.52 Å². The van der Waals surface area contributed by atoms with Crippen LogP contribution in [0.2, 0.25) is 0 Å². The van der Waals surface area contributed by atoms with Gasteiger partial charge in [0.25, 0.3) is 0 Å². The largest absolute Gasteiger partial charge is 0.339 e. The fraction of sp³-hybridized carbons (Fsp3) is 0.875. The molecule has 1 saturated carbocycles. The first-order chi connectivity index (χ1) is 9.83. The number of hydrogen-bond acceptors (Lipinski definition) is 4. The van der Waals surface area contributed by atoms with Crippen LogP contribution in [0.4, 0.5) is 0 Å². The van der Waals surface area contributed by atoms with E-state index in [1.54, 1.807) is 0 Å². The molecule has 2 atom stereocenters. The van der Waals surface area contributed by atoms with Gasteiger partial charge in [-0.05, 0) is 38.1 Å². The predicted octanol–water partition coefficient (Wildman–Crippen LogP) is 3.51. The summed E-state index contributed by atoms with van der Waals surface area (Å²) in [5, 5.41) is 7.79. The number of nitrogens with one attached hydrogen (secondary N) is 1. The summed E-state index contributed by atoms with van der Waals surface area (Å²) in [6.07, 6.45) is 10.7. The molecule has 0 aliphatic heterocycles. The van der Waals surface area contributed by atoms with Crippen molar-refractivity contribution >= 4 is 0 Å². The fourth-order valence-electron chi connectivity index (χ4n) is 3.08. The number of aromatic nitrogens is 2. The van der Waals surface area contributed by atoms with Crippen LogP contribution in [0.1, 0.15) is 70.5 Å². The number of hydrogen-bond donors (Lipinski definition) is 1. The van der Waals surface area contributed by atoms with Gasteiger partial charge < -0.3 is 9.84 Å². The average molecular weight is 279 g/mol. The summed E-state index contributed by atoms with van der Waals surface area (Å²) in [5.74, 6) is 2.39. The Morgan fingerprint density at radius 3 is 2.85 bits per heavy atom. The summed E-state index contributed by atoms with van der Waals surface area (Å²) in [5.41, 5.74) is 0. The van der Waals surface area contributed by atoms with E-state index in [0.29, 0.717) is 12.0 Å². The van der Waals surface area contributed by atoms with Gasteiger partial charge in [-0.15, -0.1) is 0 Å². The van der Waals surface area contributed by atoms with E-state index in [0.717, 1.165) is 37.5 Å². The maximum Gasteiger partial charge on any atom is 0.226 e. The standard InChI is InChI=1S/C16H29N3O/c1-3-5-10-15-18-16(20-19-15)12-13-8-6-7-9-14(13)17-11-4-2/h13-14,17H,3-12H2,1-2H3. The van der Waals surface area contributed by atoms with Crippen molar-refractivity contribution in [1.29, 1.82) is 0 Å². The molecule has 1 N–H and O–H groups in total. The number of aryl methyl sites for hydroxylation is 1. The second kappa shape index (κ2) is 8.40. The molecule has 0 amide bonds. The lowest BCUT2D eigenvalue weighted by molar-refractivity contribution is 0.239. The van der Waals surface area contributed by atoms with E-state index in [1.165, 1.54) is 38.5 Å². The summed E-state index contributed by atoms with van der Waals surface area (Å²) >= 11 is 0. The van der Waals surface area contributed by atoms with Gasteiger partial charge in [-0.25, -0.2) is 0 Å². The van der Waals surface area contributed by atoms with Crippen LogP contribution >= 0.6 is 0 Å². The Labute approximate surface area is 122 Å². The van der Waals surface area contributed by atoms with E-state index in [-0.39, 0.29) is 0 Å². The number of unbranched alkanes of at least 4 members (excludes halogenated alkanes) is 1. The zero-order valence-electron chi connectivity index (χ0n) is 13.0. The highest BCUT2D eigenvalue weighted by atomic mass is 16.5. The highest BCUT2D eigenvalue weighted by molar-refractivity contribution is 4.92. The van der Waals surface area contributed by atoms with Gasteiger partial charge in [0.05, 0.1) is 0 Å². The highest BCUT2D eigenvalue weighted by Gasteiger charge is 2.26. The summed E-state index contributed by atoms with van der Waals surface area (Å²) in [6.45, 7) is 5.53. The van der Waals surface area contributed by atoms with Crippen molar-refractivity contribution in [2.75, 3.05) is 6.54 Å². The Bertz CT molecular complexity index is 378. The molecule has 0 aromatic carbocycles. The summed E-state index contributed by atoms with van der Waals surface area (Å²) in [4.78, 5) is 4.55. The minimum absolute atomic E-state index is 0.634. The van der Waals surface area contributed by atoms with Gasteiger partial charge in [-0.1, -0.05) is 38.3 Å². The molecule has 0 radical (unpaired) electrons. The predicted molar refractivity (Wildman–Crippen MR) is 80.7 cm³/mol. The zero-order chi connectivity index (χ0) is 14.2. The third-order valence-electron chi connectivity index (χ3n) is 4.27. The van der Waals surface area contributed by atoms with E-state index < -0.39 is 0 Å². The van der Waals surface area contributed by atoms with Crippen LogP contribution in [0.5, 0.6) is 0 Å². The first-order valence-corrected chi connectivity index (χ1v) is 8.38. The molecule has 1 aromatic heterocycles. The zero-order valence-corrected chi connectivity index (χ0v) is 13.0. The van der Waals surface area contributed by atoms with Gasteiger partial charge in [-0.2, -0.15) is 4.98 Å². The lowest BCUT2D eigenvalue weighted by atomic mass is 9.82. The van der Waals surface area contributed by atoms with Crippen LogP contribution in [0.25, 0.3) is 0 Å². The average Bonchev–Trinajstić information content (AvgIpc) is 2.92. The molecule has 114 valence electrons. The fourth-order valence-corrected chi connectivity index (χ4v) is 3.08. The molecule has 20 heavy (non-hydrogen) atoms. The molecular formula is C16H29N3O. The van der Waals surface area contributed by atoms with Crippen molar-refractivity contribution in [3.63, 3.8) is 0 Å². The van der Waals surface area contributed by atoms with Crippen LogP contribution in [-0.4, -0.2) is 22.7 Å². The van der Waals surface area contributed by atoms with Crippen molar-refractivity contribution in [3.8, 4) is 0 Å². The molecule has 1 fully saturated rings. The molecule has 2 rings (SSSR count). The molecule has 1 aliphatic rings. The highest BCUT2D eigenvalue weighted by Crippen LogP contribution is 2.27. The Morgan fingerprint density at radius 2 is 2.05 bits per heavy atom. The molecule has 1 aliphatic carbocycles. The summed E-state index contributed by atoms with van der Waals surface area (Å²) < 4.78 is 5.43. The maximum atomic E-state index is 5.43. The summed E-state index contributed by atoms with van der Waals surface area (Å²) in [6, 6.07) is 0.634. The quantitative estimate of drug-likeness (QED) is 0.791. The normalized spacial score (nSPS) is 23.1. The minimum atomic E-state index is 0.634. The Morgan fingerprint density at radius 1 is 1.20 bits per heavy atom. The van der Waals surface area contributed by atoms with E-state index in [2.05, 4.69) is 29.3 Å². The molecular weight excluding hydrogens is 250 g/mol. The third kappa shape index (κ3) is 4.58. The third-order valence-corrected chi connectivity index (χ3v) is 4.27. The Kier molecular flexibility index (Phi) is 6.51. The smallest absolute Gasteiger partial charge is 0.226 e. The second-order valence-electron chi connectivity index (χ2n) is 6.02. The van der Waals surface area contributed by atoms with E-state index in [4.69, 9.17) is 4.52 Å². The summed E-state index contributed by atoms with van der Waals surface area (Å²) in [7, 11) is 0. The first kappa shape index (κ1) is 15.5. The molecule has 2 unspecified atom stereocenters. The van der Waals surface area contributed by atoms with Crippen molar-refractivity contribution in [3.05, 3.63) is 11.7 Å². The van der Waals surface area contributed by atoms with Crippen LogP contribution < -0.4 is 5.32 Å². The van der Waals surface area contributed by atoms with Gasteiger partial charge in [0.1, 0.15) is 0 Å². The van der Waals surface area contributed by atoms with Crippen LogP contribution in [0, 0.1) is 5.92 Å². The maximum absolute atomic E-state index is 5.43. The van der Waals surface area contributed by atoms with Crippen LogP contribution in [-0.2, 0) is 12.8 Å². The van der Waals surface area contributed by atoms with Crippen LogP contribution in [0.15, 0.2) is 4.52 Å². The number of rotatable bonds is 8. The van der Waals surface area contributed by atoms with Gasteiger partial charge in [0.2, 0.25) is 5.89 Å². The number of nitrogens with zero attached hydrogens (tertiary/aromatic N) is 2. The van der Waals surface area contributed by atoms with Crippen LogP contribution in [0.3, 0.4) is 0 Å². The SMILES string of the molecule is CCCCc1noc(CC2CCCCC2NCCC)n1. The first-order valence-electron chi connectivity index (χ1n) is 8.38. The topological polar surface area (TPSA) is 51.0 Å². The second-order valence-corrected chi connectivity index (χ2v) is 6.02. The monoisotopic (exact) mass is 279 g/mol. The lowest BCUT2D eigenvalue weighted by Crippen LogP contribution is -2.39. The molecule has 4 heteroatoms.